The monoisotopic (exact) mass is 272 g/mol. The van der Waals surface area contributed by atoms with Crippen LogP contribution in [0.2, 0.25) is 0 Å². The van der Waals surface area contributed by atoms with Gasteiger partial charge in [-0.1, -0.05) is 0 Å². The molecule has 0 aliphatic rings. The van der Waals surface area contributed by atoms with Gasteiger partial charge in [-0.2, -0.15) is 5.10 Å². The molecule has 0 amide bonds. The number of nitrogens with zero attached hydrogens (tertiary/aromatic N) is 2. The number of aryl methyl sites for hydroxylation is 1. The van der Waals surface area contributed by atoms with E-state index in [9.17, 15) is 8.78 Å². The Morgan fingerprint density at radius 1 is 1.27 bits per heavy atom. The van der Waals surface area contributed by atoms with E-state index < -0.39 is 11.6 Å². The summed E-state index contributed by atoms with van der Waals surface area (Å²) in [6.07, 6.45) is 1.75. The van der Waals surface area contributed by atoms with E-state index >= 15 is 0 Å². The number of benzene rings is 1. The van der Waals surface area contributed by atoms with Gasteiger partial charge in [0.2, 0.25) is 0 Å². The van der Waals surface area contributed by atoms with Crippen LogP contribution in [-0.4, -0.2) is 9.78 Å². The van der Waals surface area contributed by atoms with Crippen molar-refractivity contribution < 1.29 is 8.78 Å². The zero-order valence-electron chi connectivity index (χ0n) is 7.84. The molecule has 0 atom stereocenters. The van der Waals surface area contributed by atoms with Gasteiger partial charge >= 0.3 is 0 Å². The van der Waals surface area contributed by atoms with Crippen LogP contribution in [0.25, 0.3) is 11.3 Å². The number of aromatic nitrogens is 2. The van der Waals surface area contributed by atoms with E-state index in [2.05, 4.69) is 21.0 Å². The zero-order chi connectivity index (χ0) is 11.0. The van der Waals surface area contributed by atoms with Gasteiger partial charge in [-0.25, -0.2) is 8.78 Å². The standard InChI is InChI=1S/C10H7BrF2N2/c1-15-5-7(11)10(14-15)6-2-3-8(12)9(13)4-6/h2-5H,1H3. The third kappa shape index (κ3) is 1.92. The molecule has 78 valence electrons. The highest BCUT2D eigenvalue weighted by Gasteiger charge is 2.10. The number of rotatable bonds is 1. The molecule has 0 aliphatic heterocycles. The fraction of sp³-hybridized carbons (Fsp3) is 0.100. The predicted molar refractivity (Wildman–Crippen MR) is 56.3 cm³/mol. The van der Waals surface area contributed by atoms with Crippen molar-refractivity contribution in [1.82, 2.24) is 9.78 Å². The summed E-state index contributed by atoms with van der Waals surface area (Å²) in [6, 6.07) is 3.71. The fourth-order valence-electron chi connectivity index (χ4n) is 1.30. The number of hydrogen-bond acceptors (Lipinski definition) is 1. The van der Waals surface area contributed by atoms with Crippen LogP contribution in [-0.2, 0) is 7.05 Å². The lowest BCUT2D eigenvalue weighted by Crippen LogP contribution is -1.89. The predicted octanol–water partition coefficient (Wildman–Crippen LogP) is 3.13. The summed E-state index contributed by atoms with van der Waals surface area (Å²) >= 11 is 3.30. The average Bonchev–Trinajstić information content (AvgIpc) is 2.50. The minimum absolute atomic E-state index is 0.543. The SMILES string of the molecule is Cn1cc(Br)c(-c2ccc(F)c(F)c2)n1. The highest BCUT2D eigenvalue weighted by molar-refractivity contribution is 9.10. The molecule has 1 heterocycles. The van der Waals surface area contributed by atoms with E-state index in [0.29, 0.717) is 11.3 Å². The Morgan fingerprint density at radius 3 is 2.53 bits per heavy atom. The van der Waals surface area contributed by atoms with E-state index in [1.807, 2.05) is 0 Å². The molecule has 1 aromatic heterocycles. The Kier molecular flexibility index (Phi) is 2.56. The minimum atomic E-state index is -0.870. The first-order valence-corrected chi connectivity index (χ1v) is 5.02. The lowest BCUT2D eigenvalue weighted by atomic mass is 10.1. The van der Waals surface area contributed by atoms with Crippen LogP contribution in [0.1, 0.15) is 0 Å². The summed E-state index contributed by atoms with van der Waals surface area (Å²) in [5.41, 5.74) is 1.14. The maximum atomic E-state index is 13.0. The highest BCUT2D eigenvalue weighted by atomic mass is 79.9. The van der Waals surface area contributed by atoms with E-state index in [0.717, 1.165) is 16.6 Å². The van der Waals surface area contributed by atoms with Gasteiger partial charge in [0.15, 0.2) is 11.6 Å². The van der Waals surface area contributed by atoms with Crippen LogP contribution in [0.4, 0.5) is 8.78 Å². The smallest absolute Gasteiger partial charge is 0.159 e. The van der Waals surface area contributed by atoms with E-state index in [-0.39, 0.29) is 0 Å². The van der Waals surface area contributed by atoms with Gasteiger partial charge in [-0.15, -0.1) is 0 Å². The molecular weight excluding hydrogens is 266 g/mol. The molecule has 0 radical (unpaired) electrons. The second kappa shape index (κ2) is 3.73. The van der Waals surface area contributed by atoms with Crippen LogP contribution >= 0.6 is 15.9 Å². The first kappa shape index (κ1) is 10.3. The molecule has 2 aromatic rings. The molecule has 0 saturated heterocycles. The normalized spacial score (nSPS) is 10.7. The fourth-order valence-corrected chi connectivity index (χ4v) is 1.90. The van der Waals surface area contributed by atoms with Gasteiger partial charge in [0.05, 0.1) is 4.47 Å². The summed E-state index contributed by atoms with van der Waals surface area (Å²) in [5.74, 6) is -1.73. The molecule has 0 aliphatic carbocycles. The maximum Gasteiger partial charge on any atom is 0.159 e. The van der Waals surface area contributed by atoms with E-state index in [1.165, 1.54) is 6.07 Å². The zero-order valence-corrected chi connectivity index (χ0v) is 9.42. The molecule has 0 N–H and O–H groups in total. The lowest BCUT2D eigenvalue weighted by molar-refractivity contribution is 0.509. The first-order chi connectivity index (χ1) is 7.08. The Bertz CT molecular complexity index is 508. The minimum Gasteiger partial charge on any atom is -0.274 e. The Hall–Kier alpha value is -1.23. The van der Waals surface area contributed by atoms with Gasteiger partial charge in [-0.3, -0.25) is 4.68 Å². The molecule has 0 fully saturated rings. The van der Waals surface area contributed by atoms with Crippen LogP contribution in [0.3, 0.4) is 0 Å². The summed E-state index contributed by atoms with van der Waals surface area (Å²) in [4.78, 5) is 0. The maximum absolute atomic E-state index is 13.0. The molecule has 15 heavy (non-hydrogen) atoms. The summed E-state index contributed by atoms with van der Waals surface area (Å²) in [5, 5.41) is 4.13. The van der Waals surface area contributed by atoms with Gasteiger partial charge < -0.3 is 0 Å². The van der Waals surface area contributed by atoms with Crippen LogP contribution < -0.4 is 0 Å². The molecule has 0 spiro atoms. The topological polar surface area (TPSA) is 17.8 Å². The molecule has 5 heteroatoms. The first-order valence-electron chi connectivity index (χ1n) is 4.22. The van der Waals surface area contributed by atoms with Gasteiger partial charge in [0, 0.05) is 18.8 Å². The summed E-state index contributed by atoms with van der Waals surface area (Å²) in [7, 11) is 1.76. The second-order valence-electron chi connectivity index (χ2n) is 3.13. The van der Waals surface area contributed by atoms with Crippen molar-refractivity contribution >= 4 is 15.9 Å². The number of hydrogen-bond donors (Lipinski definition) is 0. The van der Waals surface area contributed by atoms with Crippen molar-refractivity contribution in [3.05, 3.63) is 40.5 Å². The third-order valence-electron chi connectivity index (χ3n) is 1.98. The van der Waals surface area contributed by atoms with Crippen molar-refractivity contribution in [1.29, 1.82) is 0 Å². The Labute approximate surface area is 93.7 Å². The Balaban J connectivity index is 2.54. The average molecular weight is 273 g/mol. The van der Waals surface area contributed by atoms with E-state index in [4.69, 9.17) is 0 Å². The van der Waals surface area contributed by atoms with Crippen molar-refractivity contribution in [3.8, 4) is 11.3 Å². The summed E-state index contributed by atoms with van der Waals surface area (Å²) < 4.78 is 28.0. The molecule has 1 aromatic carbocycles. The van der Waals surface area contributed by atoms with Crippen LogP contribution in [0, 0.1) is 11.6 Å². The van der Waals surface area contributed by atoms with Gasteiger partial charge in [0.1, 0.15) is 5.69 Å². The summed E-state index contributed by atoms with van der Waals surface area (Å²) in [6.45, 7) is 0. The Morgan fingerprint density at radius 2 is 2.00 bits per heavy atom. The van der Waals surface area contributed by atoms with Crippen molar-refractivity contribution in [3.63, 3.8) is 0 Å². The molecular formula is C10H7BrF2N2. The van der Waals surface area contributed by atoms with Crippen LogP contribution in [0.5, 0.6) is 0 Å². The van der Waals surface area contributed by atoms with Crippen LogP contribution in [0.15, 0.2) is 28.9 Å². The highest BCUT2D eigenvalue weighted by Crippen LogP contribution is 2.27. The van der Waals surface area contributed by atoms with Crippen molar-refractivity contribution in [2.75, 3.05) is 0 Å². The molecule has 0 saturated carbocycles. The quantitative estimate of drug-likeness (QED) is 0.780. The van der Waals surface area contributed by atoms with Gasteiger partial charge in [0.25, 0.3) is 0 Å². The lowest BCUT2D eigenvalue weighted by Gasteiger charge is -1.98. The second-order valence-corrected chi connectivity index (χ2v) is 3.98. The van der Waals surface area contributed by atoms with Crippen molar-refractivity contribution in [2.45, 2.75) is 0 Å². The molecule has 0 unspecified atom stereocenters. The van der Waals surface area contributed by atoms with E-state index in [1.54, 1.807) is 17.9 Å². The van der Waals surface area contributed by atoms with Crippen molar-refractivity contribution in [2.24, 2.45) is 7.05 Å². The molecule has 0 bridgehead atoms. The third-order valence-corrected chi connectivity index (χ3v) is 2.56. The van der Waals surface area contributed by atoms with Gasteiger partial charge in [-0.05, 0) is 34.1 Å². The largest absolute Gasteiger partial charge is 0.274 e. The number of halogens is 3. The molecule has 2 rings (SSSR count). The molecule has 2 nitrogen and oxygen atoms in total.